The van der Waals surface area contributed by atoms with Gasteiger partial charge in [-0.3, -0.25) is 0 Å². The van der Waals surface area contributed by atoms with Crippen molar-refractivity contribution in [2.45, 2.75) is 18.1 Å². The maximum atomic E-state index is 9.62. The summed E-state index contributed by atoms with van der Waals surface area (Å²) in [6.45, 7) is 0.217. The zero-order valence-corrected chi connectivity index (χ0v) is 7.31. The summed E-state index contributed by atoms with van der Waals surface area (Å²) in [5.41, 5.74) is -0.182. The second kappa shape index (κ2) is 3.06. The number of hydrogen-bond acceptors (Lipinski definition) is 4. The highest BCUT2D eigenvalue weighted by Crippen LogP contribution is 2.45. The van der Waals surface area contributed by atoms with E-state index in [9.17, 15) is 10.2 Å². The van der Waals surface area contributed by atoms with Gasteiger partial charge in [-0.05, 0) is 12.0 Å². The fourth-order valence-corrected chi connectivity index (χ4v) is 2.40. The van der Waals surface area contributed by atoms with Crippen LogP contribution in [0.25, 0.3) is 0 Å². The molecule has 1 saturated heterocycles. The van der Waals surface area contributed by atoms with Crippen LogP contribution in [0.3, 0.4) is 0 Å². The monoisotopic (exact) mass is 186 g/mol. The van der Waals surface area contributed by atoms with Gasteiger partial charge in [0.15, 0.2) is 0 Å². The van der Waals surface area contributed by atoms with E-state index in [1.54, 1.807) is 6.08 Å². The largest absolute Gasteiger partial charge is 0.393 e. The Kier molecular flexibility index (Phi) is 2.15. The SMILES string of the molecule is OCC1=C[C@H](O)[C@@H]2CCO[C@]12CO. The molecule has 0 radical (unpaired) electrons. The lowest BCUT2D eigenvalue weighted by molar-refractivity contribution is -0.0461. The van der Waals surface area contributed by atoms with Crippen molar-refractivity contribution in [1.29, 1.82) is 0 Å². The lowest BCUT2D eigenvalue weighted by Gasteiger charge is -2.29. The van der Waals surface area contributed by atoms with Crippen LogP contribution in [0.1, 0.15) is 6.42 Å². The van der Waals surface area contributed by atoms with Crippen LogP contribution in [0.4, 0.5) is 0 Å². The minimum Gasteiger partial charge on any atom is -0.393 e. The van der Waals surface area contributed by atoms with E-state index in [2.05, 4.69) is 0 Å². The summed E-state index contributed by atoms with van der Waals surface area (Å²) in [4.78, 5) is 0. The van der Waals surface area contributed by atoms with Crippen LogP contribution in [0.15, 0.2) is 11.6 Å². The van der Waals surface area contributed by atoms with Crippen LogP contribution in [0.5, 0.6) is 0 Å². The Bertz CT molecular complexity index is 238. The Morgan fingerprint density at radius 1 is 1.54 bits per heavy atom. The van der Waals surface area contributed by atoms with Crippen LogP contribution in [0, 0.1) is 5.92 Å². The van der Waals surface area contributed by atoms with E-state index in [0.29, 0.717) is 12.2 Å². The van der Waals surface area contributed by atoms with Crippen LogP contribution < -0.4 is 0 Å². The normalized spacial score (nSPS) is 43.5. The average Bonchev–Trinajstić information content (AvgIpc) is 2.66. The Hall–Kier alpha value is -0.420. The second-order valence-electron chi connectivity index (χ2n) is 3.63. The van der Waals surface area contributed by atoms with E-state index in [4.69, 9.17) is 9.84 Å². The summed E-state index contributed by atoms with van der Waals surface area (Å²) < 4.78 is 5.45. The summed E-state index contributed by atoms with van der Waals surface area (Å²) in [5, 5.41) is 27.9. The van der Waals surface area contributed by atoms with Gasteiger partial charge in [-0.25, -0.2) is 0 Å². The summed E-state index contributed by atoms with van der Waals surface area (Å²) in [6, 6.07) is 0. The van der Waals surface area contributed by atoms with Gasteiger partial charge in [-0.15, -0.1) is 0 Å². The zero-order chi connectivity index (χ0) is 9.47. The average molecular weight is 186 g/mol. The topological polar surface area (TPSA) is 69.9 Å². The van der Waals surface area contributed by atoms with Crippen molar-refractivity contribution in [2.24, 2.45) is 5.92 Å². The molecule has 2 aliphatic rings. The number of aliphatic hydroxyl groups excluding tert-OH is 3. The Labute approximate surface area is 76.5 Å². The van der Waals surface area contributed by atoms with Gasteiger partial charge in [0.25, 0.3) is 0 Å². The molecular formula is C9H14O4. The first-order valence-corrected chi connectivity index (χ1v) is 4.49. The van der Waals surface area contributed by atoms with E-state index < -0.39 is 11.7 Å². The first-order valence-electron chi connectivity index (χ1n) is 4.49. The smallest absolute Gasteiger partial charge is 0.120 e. The van der Waals surface area contributed by atoms with Crippen LogP contribution in [0.2, 0.25) is 0 Å². The standard InChI is InChI=1S/C9H14O4/c10-4-6-3-8(12)7-1-2-13-9(6,7)5-11/h3,7-8,10-12H,1-2,4-5H2/t7-,8-,9+/m0/s1. The molecule has 13 heavy (non-hydrogen) atoms. The van der Waals surface area contributed by atoms with Crippen molar-refractivity contribution in [3.8, 4) is 0 Å². The Balaban J connectivity index is 2.33. The van der Waals surface area contributed by atoms with Crippen LogP contribution in [-0.2, 0) is 4.74 Å². The van der Waals surface area contributed by atoms with Gasteiger partial charge in [0.05, 0.1) is 19.3 Å². The third-order valence-electron chi connectivity index (χ3n) is 3.12. The molecule has 74 valence electrons. The predicted molar refractivity (Wildman–Crippen MR) is 45.1 cm³/mol. The lowest BCUT2D eigenvalue weighted by Crippen LogP contribution is -2.41. The molecule has 1 heterocycles. The minimum absolute atomic E-state index is 0.0837. The summed E-state index contributed by atoms with van der Waals surface area (Å²) in [6.07, 6.45) is 1.75. The molecule has 0 aromatic rings. The zero-order valence-electron chi connectivity index (χ0n) is 7.31. The summed E-state index contributed by atoms with van der Waals surface area (Å²) in [5.74, 6) is -0.0837. The number of hydrogen-bond donors (Lipinski definition) is 3. The molecule has 0 aromatic carbocycles. The fraction of sp³-hybridized carbons (Fsp3) is 0.778. The molecule has 1 fully saturated rings. The highest BCUT2D eigenvalue weighted by Gasteiger charge is 2.53. The van der Waals surface area contributed by atoms with Gasteiger partial charge in [0, 0.05) is 12.5 Å². The quantitative estimate of drug-likeness (QED) is 0.486. The van der Waals surface area contributed by atoms with Crippen molar-refractivity contribution in [3.63, 3.8) is 0 Å². The molecule has 2 rings (SSSR count). The van der Waals surface area contributed by atoms with E-state index >= 15 is 0 Å². The molecule has 1 aliphatic carbocycles. The first kappa shape index (κ1) is 9.15. The molecule has 3 atom stereocenters. The molecule has 0 aromatic heterocycles. The number of aliphatic hydroxyl groups is 3. The number of fused-ring (bicyclic) bond motifs is 1. The summed E-state index contributed by atoms with van der Waals surface area (Å²) in [7, 11) is 0. The van der Waals surface area contributed by atoms with Gasteiger partial charge in [-0.2, -0.15) is 0 Å². The van der Waals surface area contributed by atoms with Gasteiger partial charge >= 0.3 is 0 Å². The van der Waals surface area contributed by atoms with E-state index in [0.717, 1.165) is 6.42 Å². The molecule has 0 bridgehead atoms. The van der Waals surface area contributed by atoms with Crippen LogP contribution >= 0.6 is 0 Å². The molecule has 4 heteroatoms. The molecular weight excluding hydrogens is 172 g/mol. The maximum Gasteiger partial charge on any atom is 0.120 e. The molecule has 1 aliphatic heterocycles. The van der Waals surface area contributed by atoms with Crippen LogP contribution in [-0.4, -0.2) is 46.8 Å². The number of rotatable bonds is 2. The van der Waals surface area contributed by atoms with E-state index in [1.807, 2.05) is 0 Å². The highest BCUT2D eigenvalue weighted by molar-refractivity contribution is 5.31. The number of ether oxygens (including phenoxy) is 1. The Morgan fingerprint density at radius 3 is 2.92 bits per heavy atom. The van der Waals surface area contributed by atoms with Gasteiger partial charge in [-0.1, -0.05) is 6.08 Å². The van der Waals surface area contributed by atoms with Gasteiger partial charge in [0.2, 0.25) is 0 Å². The maximum absolute atomic E-state index is 9.62. The molecule has 0 saturated carbocycles. The predicted octanol–water partition coefficient (Wildman–Crippen LogP) is -0.953. The summed E-state index contributed by atoms with van der Waals surface area (Å²) >= 11 is 0. The van der Waals surface area contributed by atoms with Crippen molar-refractivity contribution >= 4 is 0 Å². The van der Waals surface area contributed by atoms with E-state index in [1.165, 1.54) is 0 Å². The lowest BCUT2D eigenvalue weighted by atomic mass is 9.86. The van der Waals surface area contributed by atoms with E-state index in [-0.39, 0.29) is 19.1 Å². The first-order chi connectivity index (χ1) is 6.24. The minimum atomic E-state index is -0.797. The third-order valence-corrected chi connectivity index (χ3v) is 3.12. The Morgan fingerprint density at radius 2 is 2.31 bits per heavy atom. The van der Waals surface area contributed by atoms with Gasteiger partial charge < -0.3 is 20.1 Å². The molecule has 4 nitrogen and oxygen atoms in total. The van der Waals surface area contributed by atoms with Gasteiger partial charge in [0.1, 0.15) is 5.60 Å². The molecule has 0 unspecified atom stereocenters. The molecule has 3 N–H and O–H groups in total. The molecule has 0 spiro atoms. The van der Waals surface area contributed by atoms with Crippen molar-refractivity contribution in [1.82, 2.24) is 0 Å². The fourth-order valence-electron chi connectivity index (χ4n) is 2.40. The molecule has 0 amide bonds. The third kappa shape index (κ3) is 1.07. The highest BCUT2D eigenvalue weighted by atomic mass is 16.5. The van der Waals surface area contributed by atoms with Crippen molar-refractivity contribution in [2.75, 3.05) is 19.8 Å². The van der Waals surface area contributed by atoms with Crippen molar-refractivity contribution in [3.05, 3.63) is 11.6 Å². The second-order valence-corrected chi connectivity index (χ2v) is 3.63. The van der Waals surface area contributed by atoms with Crippen molar-refractivity contribution < 1.29 is 20.1 Å².